The van der Waals surface area contributed by atoms with Gasteiger partial charge in [-0.2, -0.15) is 4.54 Å². The molecule has 1 rings (SSSR count). The van der Waals surface area contributed by atoms with E-state index in [1.165, 1.54) is 0 Å². The molecule has 0 saturated carbocycles. The highest BCUT2D eigenvalue weighted by molar-refractivity contribution is 7.36. The lowest BCUT2D eigenvalue weighted by molar-refractivity contribution is 1.70. The molecule has 1 aromatic carbocycles. The van der Waals surface area contributed by atoms with Gasteiger partial charge in [-0.15, -0.1) is 0 Å². The average molecular weight is 136 g/mol. The summed E-state index contributed by atoms with van der Waals surface area (Å²) in [5.74, 6) is 0. The Morgan fingerprint density at radius 3 is 2.44 bits per heavy atom. The molecule has 0 fully saturated rings. The third kappa shape index (κ3) is 1.77. The summed E-state index contributed by atoms with van der Waals surface area (Å²) in [4.78, 5) is 0. The maximum atomic E-state index is 8.13. The molecular formula is C6H5N2P. The van der Waals surface area contributed by atoms with E-state index >= 15 is 0 Å². The molecule has 0 aromatic heterocycles. The average Bonchev–Trinajstić information content (AvgIpc) is 1.91. The van der Waals surface area contributed by atoms with Crippen LogP contribution in [-0.4, -0.2) is 0 Å². The van der Waals surface area contributed by atoms with Crippen molar-refractivity contribution in [1.82, 2.24) is 4.54 Å². The third-order valence-electron chi connectivity index (χ3n) is 0.916. The van der Waals surface area contributed by atoms with Crippen LogP contribution in [0, 0.1) is 0 Å². The Morgan fingerprint density at radius 1 is 1.22 bits per heavy atom. The molecule has 0 saturated heterocycles. The zero-order chi connectivity index (χ0) is 6.53. The Kier molecular flexibility index (Phi) is 2.14. The maximum Gasteiger partial charge on any atom is 0.384 e. The van der Waals surface area contributed by atoms with Gasteiger partial charge in [-0.25, -0.2) is 0 Å². The van der Waals surface area contributed by atoms with E-state index in [2.05, 4.69) is 4.54 Å². The Balaban J connectivity index is 2.97. The van der Waals surface area contributed by atoms with Gasteiger partial charge in [0.25, 0.3) is 0 Å². The van der Waals surface area contributed by atoms with E-state index in [0.717, 1.165) is 5.30 Å². The van der Waals surface area contributed by atoms with Crippen LogP contribution in [0.25, 0.3) is 5.53 Å². The smallest absolute Gasteiger partial charge is 0.359 e. The molecule has 0 radical (unpaired) electrons. The Labute approximate surface area is 54.9 Å². The van der Waals surface area contributed by atoms with Crippen LogP contribution in [-0.2, 0) is 0 Å². The van der Waals surface area contributed by atoms with Crippen molar-refractivity contribution < 1.29 is 0 Å². The minimum Gasteiger partial charge on any atom is -0.359 e. The molecule has 0 bridgehead atoms. The van der Waals surface area contributed by atoms with Gasteiger partial charge < -0.3 is 5.53 Å². The molecule has 2 nitrogen and oxygen atoms in total. The van der Waals surface area contributed by atoms with Gasteiger partial charge in [0, 0.05) is 0 Å². The van der Waals surface area contributed by atoms with Gasteiger partial charge in [-0.1, -0.05) is 18.2 Å². The van der Waals surface area contributed by atoms with Gasteiger partial charge in [0.2, 0.25) is 0 Å². The highest BCUT2D eigenvalue weighted by atomic mass is 31.1. The van der Waals surface area contributed by atoms with Gasteiger partial charge >= 0.3 is 8.37 Å². The fourth-order valence-electron chi connectivity index (χ4n) is 0.546. The monoisotopic (exact) mass is 136 g/mol. The first kappa shape index (κ1) is 6.15. The minimum atomic E-state index is 0.612. The fourth-order valence-corrected chi connectivity index (χ4v) is 0.955. The molecule has 9 heavy (non-hydrogen) atoms. The predicted octanol–water partition coefficient (Wildman–Crippen LogP) is 1.53. The first-order chi connectivity index (χ1) is 4.43. The molecule has 0 unspecified atom stereocenters. The van der Waals surface area contributed by atoms with Crippen molar-refractivity contribution in [1.29, 1.82) is 0 Å². The fraction of sp³-hybridized carbons (Fsp3) is 0. The van der Waals surface area contributed by atoms with Crippen LogP contribution in [0.2, 0.25) is 0 Å². The van der Waals surface area contributed by atoms with Crippen molar-refractivity contribution >= 4 is 13.7 Å². The minimum absolute atomic E-state index is 0.612. The van der Waals surface area contributed by atoms with E-state index in [1.54, 1.807) is 0 Å². The highest BCUT2D eigenvalue weighted by Gasteiger charge is 1.88. The first-order valence-corrected chi connectivity index (χ1v) is 3.38. The van der Waals surface area contributed by atoms with Crippen molar-refractivity contribution in [3.8, 4) is 0 Å². The van der Waals surface area contributed by atoms with E-state index in [4.69, 9.17) is 5.53 Å². The van der Waals surface area contributed by atoms with Crippen molar-refractivity contribution in [2.45, 2.75) is 0 Å². The molecule has 1 aromatic rings. The summed E-state index contributed by atoms with van der Waals surface area (Å²) in [6.45, 7) is 0. The Hall–Kier alpha value is -0.970. The number of hydrogen-bond donors (Lipinski definition) is 0. The number of benzene rings is 1. The molecule has 0 aliphatic rings. The molecule has 0 atom stereocenters. The van der Waals surface area contributed by atoms with E-state index < -0.39 is 0 Å². The van der Waals surface area contributed by atoms with E-state index in [1.807, 2.05) is 30.3 Å². The molecule has 0 amide bonds. The second-order valence-electron chi connectivity index (χ2n) is 1.52. The molecule has 0 aliphatic heterocycles. The summed E-state index contributed by atoms with van der Waals surface area (Å²) < 4.78 is 2.98. The normalized spacial score (nSPS) is 8.89. The van der Waals surface area contributed by atoms with Gasteiger partial charge in [-0.05, 0) is 12.1 Å². The van der Waals surface area contributed by atoms with E-state index in [9.17, 15) is 0 Å². The van der Waals surface area contributed by atoms with Crippen LogP contribution in [0.15, 0.2) is 30.3 Å². The van der Waals surface area contributed by atoms with Crippen LogP contribution in [0.3, 0.4) is 0 Å². The van der Waals surface area contributed by atoms with Gasteiger partial charge in [0.05, 0.1) is 5.30 Å². The summed E-state index contributed by atoms with van der Waals surface area (Å²) >= 11 is 0. The molecule has 44 valence electrons. The Morgan fingerprint density at radius 2 is 1.89 bits per heavy atom. The largest absolute Gasteiger partial charge is 0.384 e. The lowest BCUT2D eigenvalue weighted by atomic mass is 10.4. The topological polar surface area (TPSA) is 36.4 Å². The van der Waals surface area contributed by atoms with Crippen LogP contribution in [0.5, 0.6) is 0 Å². The van der Waals surface area contributed by atoms with Crippen molar-refractivity contribution in [3.63, 3.8) is 0 Å². The second-order valence-corrected chi connectivity index (χ2v) is 2.42. The molecular weight excluding hydrogens is 131 g/mol. The van der Waals surface area contributed by atoms with Crippen molar-refractivity contribution in [3.05, 3.63) is 35.9 Å². The molecule has 0 N–H and O–H groups in total. The molecule has 3 heteroatoms. The predicted molar refractivity (Wildman–Crippen MR) is 38.5 cm³/mol. The van der Waals surface area contributed by atoms with Crippen LogP contribution >= 0.6 is 8.37 Å². The van der Waals surface area contributed by atoms with Crippen LogP contribution in [0.4, 0.5) is 0 Å². The quantitative estimate of drug-likeness (QED) is 0.319. The standard InChI is InChI=1S/C6H5N2P/c7-8-9-6-4-2-1-3-5-6/h1-5H. The number of rotatable bonds is 1. The Bertz CT molecular complexity index is 226. The summed E-state index contributed by atoms with van der Waals surface area (Å²) in [6, 6.07) is 9.56. The molecule has 0 heterocycles. The second kappa shape index (κ2) is 3.13. The number of hydrogen-bond acceptors (Lipinski definition) is 0. The van der Waals surface area contributed by atoms with Gasteiger partial charge in [0.1, 0.15) is 0 Å². The van der Waals surface area contributed by atoms with Gasteiger partial charge in [0.15, 0.2) is 0 Å². The van der Waals surface area contributed by atoms with Crippen molar-refractivity contribution in [2.24, 2.45) is 0 Å². The zero-order valence-corrected chi connectivity index (χ0v) is 5.62. The van der Waals surface area contributed by atoms with E-state index in [0.29, 0.717) is 8.37 Å². The van der Waals surface area contributed by atoms with Crippen molar-refractivity contribution in [2.75, 3.05) is 0 Å². The summed E-state index contributed by atoms with van der Waals surface area (Å²) in [5.41, 5.74) is 8.13. The molecule has 0 aliphatic carbocycles. The van der Waals surface area contributed by atoms with Crippen LogP contribution in [0.1, 0.15) is 0 Å². The SMILES string of the molecule is [N-]=[N+]=Pc1ccccc1. The first-order valence-electron chi connectivity index (χ1n) is 2.53. The lowest BCUT2D eigenvalue weighted by Gasteiger charge is -1.78. The third-order valence-corrected chi connectivity index (χ3v) is 1.53. The highest BCUT2D eigenvalue weighted by Crippen LogP contribution is 1.92. The van der Waals surface area contributed by atoms with Crippen LogP contribution < -0.4 is 9.85 Å². The van der Waals surface area contributed by atoms with Gasteiger partial charge in [-0.3, -0.25) is 0 Å². The summed E-state index contributed by atoms with van der Waals surface area (Å²) in [7, 11) is 0.612. The maximum absolute atomic E-state index is 8.13. The van der Waals surface area contributed by atoms with E-state index in [-0.39, 0.29) is 0 Å². The molecule has 0 spiro atoms. The lowest BCUT2D eigenvalue weighted by Crippen LogP contribution is -1.86. The zero-order valence-electron chi connectivity index (χ0n) is 4.73. The summed E-state index contributed by atoms with van der Waals surface area (Å²) in [6.07, 6.45) is 0. The number of nitrogens with zero attached hydrogens (tertiary/aromatic N) is 2. The summed E-state index contributed by atoms with van der Waals surface area (Å²) in [5, 5.41) is 1.00.